The van der Waals surface area contributed by atoms with E-state index >= 15 is 0 Å². The SMILES string of the molecule is C=CC=CC/C=C/CCN1c2ccccc2/C(=N/NC(=O)CNC(=C)C2CCc3ccccc3C2)C1(C)O.CC. The van der Waals surface area contributed by atoms with Crippen molar-refractivity contribution in [3.05, 3.63) is 114 Å². The molecule has 6 heteroatoms. The van der Waals surface area contributed by atoms with Crippen LogP contribution in [0.15, 0.2) is 103 Å². The van der Waals surface area contributed by atoms with E-state index in [1.165, 1.54) is 11.1 Å². The highest BCUT2D eigenvalue weighted by atomic mass is 16.3. The molecule has 6 nitrogen and oxygen atoms in total. The molecule has 0 saturated carbocycles. The molecule has 0 saturated heterocycles. The Morgan fingerprint density at radius 3 is 2.62 bits per heavy atom. The van der Waals surface area contributed by atoms with Crippen molar-refractivity contribution in [1.29, 1.82) is 0 Å². The van der Waals surface area contributed by atoms with E-state index in [1.54, 1.807) is 13.0 Å². The van der Waals surface area contributed by atoms with Crippen molar-refractivity contribution < 1.29 is 9.90 Å². The van der Waals surface area contributed by atoms with Crippen LogP contribution in [0.1, 0.15) is 56.7 Å². The summed E-state index contributed by atoms with van der Waals surface area (Å²) in [5.41, 5.74) is 7.07. The first-order chi connectivity index (χ1) is 19.4. The highest BCUT2D eigenvalue weighted by Crippen LogP contribution is 2.37. The number of hydrazone groups is 1. The van der Waals surface area contributed by atoms with Gasteiger partial charge in [0.05, 0.1) is 6.54 Å². The minimum Gasteiger partial charge on any atom is -0.380 e. The number of fused-ring (bicyclic) bond motifs is 2. The maximum Gasteiger partial charge on any atom is 0.259 e. The normalized spacial score (nSPS) is 20.6. The minimum absolute atomic E-state index is 0.0758. The molecule has 4 rings (SSSR count). The number of hydrogen-bond donors (Lipinski definition) is 3. The summed E-state index contributed by atoms with van der Waals surface area (Å²) in [7, 11) is 0. The van der Waals surface area contributed by atoms with E-state index in [4.69, 9.17) is 0 Å². The molecular weight excluding hydrogens is 496 g/mol. The second-order valence-corrected chi connectivity index (χ2v) is 9.93. The number of nitrogens with one attached hydrogen (secondary N) is 2. The van der Waals surface area contributed by atoms with Crippen LogP contribution in [-0.4, -0.2) is 35.5 Å². The number of allylic oxidation sites excluding steroid dienone is 5. The molecule has 0 radical (unpaired) electrons. The van der Waals surface area contributed by atoms with Crippen molar-refractivity contribution in [3.63, 3.8) is 0 Å². The van der Waals surface area contributed by atoms with Gasteiger partial charge in [-0.2, -0.15) is 5.10 Å². The molecule has 3 N–H and O–H groups in total. The van der Waals surface area contributed by atoms with Gasteiger partial charge in [-0.05, 0) is 56.2 Å². The number of carbonyl (C=O) groups excluding carboxylic acids is 1. The van der Waals surface area contributed by atoms with Crippen molar-refractivity contribution in [1.82, 2.24) is 10.7 Å². The average molecular weight is 541 g/mol. The second-order valence-electron chi connectivity index (χ2n) is 9.93. The zero-order valence-corrected chi connectivity index (χ0v) is 24.2. The van der Waals surface area contributed by atoms with Crippen molar-refractivity contribution in [3.8, 4) is 0 Å². The minimum atomic E-state index is -1.35. The Morgan fingerprint density at radius 2 is 1.85 bits per heavy atom. The van der Waals surface area contributed by atoms with Gasteiger partial charge in [-0.3, -0.25) is 4.79 Å². The number of aliphatic hydroxyl groups is 1. The molecule has 0 bridgehead atoms. The van der Waals surface area contributed by atoms with E-state index in [1.807, 2.05) is 55.2 Å². The molecular formula is C34H44N4O2. The molecule has 1 heterocycles. The summed E-state index contributed by atoms with van der Waals surface area (Å²) < 4.78 is 0. The van der Waals surface area contributed by atoms with Crippen LogP contribution < -0.4 is 15.6 Å². The molecule has 2 aliphatic rings. The van der Waals surface area contributed by atoms with Crippen LogP contribution in [-0.2, 0) is 17.6 Å². The summed E-state index contributed by atoms with van der Waals surface area (Å²) in [6.45, 7) is 14.3. The van der Waals surface area contributed by atoms with Crippen molar-refractivity contribution in [2.24, 2.45) is 11.0 Å². The lowest BCUT2D eigenvalue weighted by Gasteiger charge is -2.32. The maximum atomic E-state index is 12.7. The fourth-order valence-electron chi connectivity index (χ4n) is 5.19. The number of carbonyl (C=O) groups is 1. The molecule has 212 valence electrons. The third-order valence-electron chi connectivity index (χ3n) is 7.26. The first-order valence-corrected chi connectivity index (χ1v) is 14.3. The Balaban J connectivity index is 0.00000216. The number of nitrogens with zero attached hydrogens (tertiary/aromatic N) is 2. The van der Waals surface area contributed by atoms with Crippen LogP contribution >= 0.6 is 0 Å². The molecule has 40 heavy (non-hydrogen) atoms. The number of anilines is 1. The van der Waals surface area contributed by atoms with Crippen LogP contribution in [0.25, 0.3) is 0 Å². The van der Waals surface area contributed by atoms with Gasteiger partial charge in [0.2, 0.25) is 0 Å². The highest BCUT2D eigenvalue weighted by molar-refractivity contribution is 6.16. The molecule has 2 aromatic carbocycles. The molecule has 2 aromatic rings. The van der Waals surface area contributed by atoms with E-state index in [0.717, 1.165) is 49.1 Å². The number of rotatable bonds is 11. The Hall–Kier alpha value is -3.90. The first kappa shape index (κ1) is 30.6. The Labute approximate surface area is 239 Å². The van der Waals surface area contributed by atoms with Gasteiger partial charge in [0.15, 0.2) is 5.72 Å². The summed E-state index contributed by atoms with van der Waals surface area (Å²) in [6.07, 6.45) is 14.5. The van der Waals surface area contributed by atoms with E-state index in [9.17, 15) is 9.90 Å². The van der Waals surface area contributed by atoms with Gasteiger partial charge in [0.1, 0.15) is 5.71 Å². The summed E-state index contributed by atoms with van der Waals surface area (Å²) in [4.78, 5) is 14.6. The predicted molar refractivity (Wildman–Crippen MR) is 167 cm³/mol. The van der Waals surface area contributed by atoms with Crippen LogP contribution in [0.5, 0.6) is 0 Å². The molecule has 0 fully saturated rings. The predicted octanol–water partition coefficient (Wildman–Crippen LogP) is 6.05. The molecule has 2 unspecified atom stereocenters. The fourth-order valence-corrected chi connectivity index (χ4v) is 5.19. The van der Waals surface area contributed by atoms with Crippen LogP contribution in [0.4, 0.5) is 5.69 Å². The quantitative estimate of drug-likeness (QED) is 0.184. The van der Waals surface area contributed by atoms with Crippen LogP contribution in [0.3, 0.4) is 0 Å². The molecule has 0 spiro atoms. The molecule has 1 aliphatic heterocycles. The number of benzene rings is 2. The van der Waals surface area contributed by atoms with Crippen LogP contribution in [0, 0.1) is 5.92 Å². The number of para-hydroxylation sites is 1. The van der Waals surface area contributed by atoms with Crippen molar-refractivity contribution in [2.45, 2.75) is 58.6 Å². The fraction of sp³-hybridized carbons (Fsp3) is 0.353. The Morgan fingerprint density at radius 1 is 1.12 bits per heavy atom. The topological polar surface area (TPSA) is 77.0 Å². The van der Waals surface area contributed by atoms with Gasteiger partial charge < -0.3 is 15.3 Å². The summed E-state index contributed by atoms with van der Waals surface area (Å²) in [5.74, 6) is 0.0178. The standard InChI is InChI=1S/C32H38N4O2.C2H6/c1-4-5-6-7-8-9-14-21-36-29-18-13-12-17-28(29)31(32(36,3)38)35-34-30(37)23-33-24(2)26-20-19-25-15-10-11-16-27(25)22-26;1-2/h4-6,8-13,15-18,26,33,38H,1-2,7,14,19-23H2,3H3,(H,34,37);1-2H3/b6-5?,9-8+,35-31-;. The maximum absolute atomic E-state index is 12.7. The van der Waals surface area contributed by atoms with Gasteiger partial charge in [-0.1, -0.05) is 99.9 Å². The zero-order valence-electron chi connectivity index (χ0n) is 24.2. The molecule has 1 amide bonds. The Bertz CT molecular complexity index is 1260. The number of hydrogen-bond acceptors (Lipinski definition) is 5. The molecule has 2 atom stereocenters. The van der Waals surface area contributed by atoms with Gasteiger partial charge in [-0.25, -0.2) is 5.43 Å². The van der Waals surface area contributed by atoms with E-state index < -0.39 is 5.72 Å². The lowest BCUT2D eigenvalue weighted by Crippen LogP contribution is -2.49. The lowest BCUT2D eigenvalue weighted by atomic mass is 9.82. The van der Waals surface area contributed by atoms with Gasteiger partial charge in [0, 0.05) is 29.4 Å². The average Bonchev–Trinajstić information content (AvgIpc) is 3.20. The second kappa shape index (κ2) is 15.0. The summed E-state index contributed by atoms with van der Waals surface area (Å²) in [6, 6.07) is 16.3. The zero-order chi connectivity index (χ0) is 29.0. The smallest absolute Gasteiger partial charge is 0.259 e. The molecule has 0 aromatic heterocycles. The third-order valence-corrected chi connectivity index (χ3v) is 7.26. The van der Waals surface area contributed by atoms with Gasteiger partial charge >= 0.3 is 0 Å². The number of aryl methyl sites for hydroxylation is 1. The van der Waals surface area contributed by atoms with Gasteiger partial charge in [-0.15, -0.1) is 0 Å². The van der Waals surface area contributed by atoms with Crippen molar-refractivity contribution in [2.75, 3.05) is 18.0 Å². The van der Waals surface area contributed by atoms with Crippen LogP contribution in [0.2, 0.25) is 0 Å². The van der Waals surface area contributed by atoms with E-state index in [-0.39, 0.29) is 12.5 Å². The first-order valence-electron chi connectivity index (χ1n) is 14.3. The largest absolute Gasteiger partial charge is 0.380 e. The Kier molecular flexibility index (Phi) is 11.5. The van der Waals surface area contributed by atoms with E-state index in [0.29, 0.717) is 18.2 Å². The van der Waals surface area contributed by atoms with Gasteiger partial charge in [0.25, 0.3) is 5.91 Å². The highest BCUT2D eigenvalue weighted by Gasteiger charge is 2.44. The van der Waals surface area contributed by atoms with E-state index in [2.05, 4.69) is 65.4 Å². The molecule has 1 aliphatic carbocycles. The van der Waals surface area contributed by atoms with Crippen molar-refractivity contribution >= 4 is 17.3 Å². The third kappa shape index (κ3) is 7.60. The number of amides is 1. The monoisotopic (exact) mass is 540 g/mol. The summed E-state index contributed by atoms with van der Waals surface area (Å²) in [5, 5.41) is 19.0. The summed E-state index contributed by atoms with van der Waals surface area (Å²) >= 11 is 0. The lowest BCUT2D eigenvalue weighted by molar-refractivity contribution is -0.120.